The minimum atomic E-state index is -1.46. The largest absolute Gasteiger partial charge is 0.477 e. The molecule has 0 atom stereocenters. The number of nitrogens with zero attached hydrogens (tertiary/aromatic N) is 1. The number of aromatic carboxylic acids is 1. The highest BCUT2D eigenvalue weighted by Crippen LogP contribution is 2.27. The number of carbonyl (C=O) groups is 1. The van der Waals surface area contributed by atoms with E-state index in [0.29, 0.717) is 0 Å². The molecular formula is C11H6FIN2O4. The highest BCUT2D eigenvalue weighted by atomic mass is 127. The van der Waals surface area contributed by atoms with E-state index in [2.05, 4.69) is 9.97 Å². The lowest BCUT2D eigenvalue weighted by atomic mass is 10.2. The number of rotatable bonds is 3. The summed E-state index contributed by atoms with van der Waals surface area (Å²) in [5.41, 5.74) is -1.04. The Labute approximate surface area is 119 Å². The summed E-state index contributed by atoms with van der Waals surface area (Å²) in [6, 6.07) is 3.59. The van der Waals surface area contributed by atoms with Crippen molar-refractivity contribution >= 4 is 28.6 Å². The van der Waals surface area contributed by atoms with E-state index in [0.717, 1.165) is 12.4 Å². The van der Waals surface area contributed by atoms with Gasteiger partial charge in [-0.3, -0.25) is 4.79 Å². The molecule has 1 heterocycles. The maximum absolute atomic E-state index is 13.4. The van der Waals surface area contributed by atoms with E-state index in [1.165, 1.54) is 12.1 Å². The number of aromatic nitrogens is 2. The topological polar surface area (TPSA) is 92.3 Å². The van der Waals surface area contributed by atoms with Crippen LogP contribution in [-0.2, 0) is 0 Å². The van der Waals surface area contributed by atoms with Gasteiger partial charge in [0, 0.05) is 0 Å². The number of carboxylic acids is 1. The van der Waals surface area contributed by atoms with Gasteiger partial charge >= 0.3 is 5.97 Å². The molecule has 0 bridgehead atoms. The molecule has 98 valence electrons. The standard InChI is InChI=1S/C11H6FIN2O4/c12-5-2-1-3-6(7(5)11(17)18)19-10-8(13)9(16)14-4-15-10/h1-4H,(H,17,18)(H,14,15,16). The van der Waals surface area contributed by atoms with Gasteiger partial charge in [0.2, 0.25) is 5.88 Å². The first-order valence-electron chi connectivity index (χ1n) is 4.93. The number of hydrogen-bond donors (Lipinski definition) is 2. The summed E-state index contributed by atoms with van der Waals surface area (Å²) < 4.78 is 18.8. The van der Waals surface area contributed by atoms with Crippen LogP contribution < -0.4 is 10.3 Å². The molecule has 0 radical (unpaired) electrons. The van der Waals surface area contributed by atoms with Crippen LogP contribution in [0, 0.1) is 9.39 Å². The Morgan fingerprint density at radius 3 is 2.89 bits per heavy atom. The monoisotopic (exact) mass is 376 g/mol. The molecule has 0 saturated carbocycles. The maximum Gasteiger partial charge on any atom is 0.342 e. The predicted octanol–water partition coefficient (Wildman–Crippen LogP) is 2.00. The third kappa shape index (κ3) is 2.72. The number of aromatic amines is 1. The van der Waals surface area contributed by atoms with Crippen LogP contribution in [0.15, 0.2) is 29.3 Å². The second-order valence-electron chi connectivity index (χ2n) is 3.37. The number of halogens is 2. The van der Waals surface area contributed by atoms with E-state index in [9.17, 15) is 14.0 Å². The highest BCUT2D eigenvalue weighted by molar-refractivity contribution is 14.1. The molecule has 0 saturated heterocycles. The molecule has 0 spiro atoms. The van der Waals surface area contributed by atoms with Crippen LogP contribution in [0.1, 0.15) is 10.4 Å². The van der Waals surface area contributed by atoms with E-state index in [-0.39, 0.29) is 15.2 Å². The smallest absolute Gasteiger partial charge is 0.342 e. The Morgan fingerprint density at radius 1 is 1.47 bits per heavy atom. The summed E-state index contributed by atoms with van der Waals surface area (Å²) in [6.45, 7) is 0. The summed E-state index contributed by atoms with van der Waals surface area (Å²) in [6.07, 6.45) is 1.11. The van der Waals surface area contributed by atoms with Crippen LogP contribution in [0.25, 0.3) is 0 Å². The van der Waals surface area contributed by atoms with Gasteiger partial charge in [-0.2, -0.15) is 0 Å². The van der Waals surface area contributed by atoms with Crippen LogP contribution in [0.3, 0.4) is 0 Å². The van der Waals surface area contributed by atoms with Gasteiger partial charge in [-0.1, -0.05) is 6.07 Å². The molecule has 2 rings (SSSR count). The number of nitrogens with one attached hydrogen (secondary N) is 1. The first-order chi connectivity index (χ1) is 9.00. The molecule has 0 aliphatic heterocycles. The zero-order valence-electron chi connectivity index (χ0n) is 9.18. The number of H-pyrrole nitrogens is 1. The molecular weight excluding hydrogens is 370 g/mol. The Bertz CT molecular complexity index is 701. The van der Waals surface area contributed by atoms with E-state index in [4.69, 9.17) is 9.84 Å². The molecule has 0 fully saturated rings. The second kappa shape index (κ2) is 5.34. The number of benzene rings is 1. The van der Waals surface area contributed by atoms with Crippen molar-refractivity contribution in [3.05, 3.63) is 49.8 Å². The average Bonchev–Trinajstić information content (AvgIpc) is 2.34. The van der Waals surface area contributed by atoms with Gasteiger partial charge in [0.05, 0.1) is 6.33 Å². The molecule has 19 heavy (non-hydrogen) atoms. The Kier molecular flexibility index (Phi) is 3.79. The van der Waals surface area contributed by atoms with Crippen LogP contribution in [0.4, 0.5) is 4.39 Å². The van der Waals surface area contributed by atoms with Crippen molar-refractivity contribution in [2.45, 2.75) is 0 Å². The minimum absolute atomic E-state index is 0.0857. The molecule has 1 aromatic heterocycles. The SMILES string of the molecule is O=C(O)c1c(F)cccc1Oc1nc[nH]c(=O)c1I. The molecule has 0 unspecified atom stereocenters. The summed E-state index contributed by atoms with van der Waals surface area (Å²) in [5.74, 6) is -2.70. The fraction of sp³-hybridized carbons (Fsp3) is 0. The molecule has 0 amide bonds. The number of carboxylic acid groups (broad SMARTS) is 1. The molecule has 1 aromatic carbocycles. The summed E-state index contributed by atoms with van der Waals surface area (Å²) in [4.78, 5) is 28.4. The van der Waals surface area contributed by atoms with Crippen LogP contribution in [0.5, 0.6) is 11.6 Å². The normalized spacial score (nSPS) is 10.2. The van der Waals surface area contributed by atoms with Gasteiger partial charge < -0.3 is 14.8 Å². The van der Waals surface area contributed by atoms with E-state index >= 15 is 0 Å². The van der Waals surface area contributed by atoms with Gasteiger partial charge in [0.25, 0.3) is 5.56 Å². The van der Waals surface area contributed by atoms with Crippen molar-refractivity contribution in [2.75, 3.05) is 0 Å². The zero-order chi connectivity index (χ0) is 14.0. The van der Waals surface area contributed by atoms with Gasteiger partial charge in [-0.15, -0.1) is 0 Å². The van der Waals surface area contributed by atoms with Crippen molar-refractivity contribution in [3.8, 4) is 11.6 Å². The lowest BCUT2D eigenvalue weighted by Crippen LogP contribution is -2.12. The second-order valence-corrected chi connectivity index (χ2v) is 4.45. The van der Waals surface area contributed by atoms with Gasteiger partial charge in [0.15, 0.2) is 0 Å². The fourth-order valence-electron chi connectivity index (χ4n) is 1.34. The van der Waals surface area contributed by atoms with Crippen LogP contribution in [0.2, 0.25) is 0 Å². The molecule has 0 aliphatic carbocycles. The Morgan fingerprint density at radius 2 is 2.21 bits per heavy atom. The Balaban J connectivity index is 2.50. The van der Waals surface area contributed by atoms with Crippen molar-refractivity contribution in [2.24, 2.45) is 0 Å². The summed E-state index contributed by atoms with van der Waals surface area (Å²) >= 11 is 1.70. The molecule has 2 aromatic rings. The maximum atomic E-state index is 13.4. The van der Waals surface area contributed by atoms with Crippen molar-refractivity contribution < 1.29 is 19.0 Å². The predicted molar refractivity (Wildman–Crippen MR) is 71.0 cm³/mol. The zero-order valence-corrected chi connectivity index (χ0v) is 11.3. The van der Waals surface area contributed by atoms with E-state index in [1.54, 1.807) is 22.6 Å². The molecule has 0 aliphatic rings. The molecule has 2 N–H and O–H groups in total. The quantitative estimate of drug-likeness (QED) is 0.800. The molecule has 8 heteroatoms. The van der Waals surface area contributed by atoms with Crippen molar-refractivity contribution in [1.29, 1.82) is 0 Å². The fourth-order valence-corrected chi connectivity index (χ4v) is 1.74. The van der Waals surface area contributed by atoms with Gasteiger partial charge in [0.1, 0.15) is 20.7 Å². The lowest BCUT2D eigenvalue weighted by Gasteiger charge is -2.08. The van der Waals surface area contributed by atoms with Crippen LogP contribution >= 0.6 is 22.6 Å². The van der Waals surface area contributed by atoms with Crippen molar-refractivity contribution in [1.82, 2.24) is 9.97 Å². The Hall–Kier alpha value is -1.97. The average molecular weight is 376 g/mol. The van der Waals surface area contributed by atoms with Gasteiger partial charge in [-0.05, 0) is 34.7 Å². The van der Waals surface area contributed by atoms with E-state index in [1.807, 2.05) is 0 Å². The lowest BCUT2D eigenvalue weighted by molar-refractivity contribution is 0.0689. The number of hydrogen-bond acceptors (Lipinski definition) is 4. The van der Waals surface area contributed by atoms with Crippen molar-refractivity contribution in [3.63, 3.8) is 0 Å². The first kappa shape index (κ1) is 13.5. The van der Waals surface area contributed by atoms with Gasteiger partial charge in [-0.25, -0.2) is 14.2 Å². The first-order valence-corrected chi connectivity index (χ1v) is 6.01. The van der Waals surface area contributed by atoms with E-state index < -0.39 is 22.9 Å². The third-order valence-corrected chi connectivity index (χ3v) is 3.11. The number of ether oxygens (including phenoxy) is 1. The van der Waals surface area contributed by atoms with Crippen LogP contribution in [-0.4, -0.2) is 21.0 Å². The third-order valence-electron chi connectivity index (χ3n) is 2.16. The summed E-state index contributed by atoms with van der Waals surface area (Å²) in [7, 11) is 0. The highest BCUT2D eigenvalue weighted by Gasteiger charge is 2.19. The minimum Gasteiger partial charge on any atom is -0.477 e. The summed E-state index contributed by atoms with van der Waals surface area (Å²) in [5, 5.41) is 8.94. The molecule has 6 nitrogen and oxygen atoms in total.